The third kappa shape index (κ3) is 5.47. The average Bonchev–Trinajstić information content (AvgIpc) is 3.36. The van der Waals surface area contributed by atoms with Crippen LogP contribution in [-0.2, 0) is 15.1 Å². The lowest BCUT2D eigenvalue weighted by atomic mass is 10.1. The van der Waals surface area contributed by atoms with E-state index in [0.29, 0.717) is 11.4 Å². The lowest BCUT2D eigenvalue weighted by Gasteiger charge is -2.23. The van der Waals surface area contributed by atoms with Crippen molar-refractivity contribution in [2.45, 2.75) is 37.5 Å². The van der Waals surface area contributed by atoms with Crippen LogP contribution in [0.25, 0.3) is 0 Å². The summed E-state index contributed by atoms with van der Waals surface area (Å²) in [5.41, 5.74) is 0.560. The second-order valence-corrected chi connectivity index (χ2v) is 8.35. The minimum absolute atomic E-state index is 0.133. The standard InChI is InChI=1S/C20H24N6O2S/c1-20(2,3)26-12-11-21-19(26)29-13-16(27)24-17(14-7-5-4-6-8-14)18(28)23-15-9-10-22-25-15/h4-12,17H,13H2,1-3H3,(H,24,27)(H2,22,23,25,28). The number of anilines is 1. The second kappa shape index (κ2) is 8.95. The highest BCUT2D eigenvalue weighted by Gasteiger charge is 2.24. The quantitative estimate of drug-likeness (QED) is 0.518. The van der Waals surface area contributed by atoms with Gasteiger partial charge in [-0.05, 0) is 26.3 Å². The van der Waals surface area contributed by atoms with E-state index < -0.39 is 6.04 Å². The maximum Gasteiger partial charge on any atom is 0.252 e. The molecule has 0 fully saturated rings. The largest absolute Gasteiger partial charge is 0.340 e. The predicted octanol–water partition coefficient (Wildman–Crippen LogP) is 2.95. The van der Waals surface area contributed by atoms with Crippen LogP contribution in [0.5, 0.6) is 0 Å². The monoisotopic (exact) mass is 412 g/mol. The zero-order valence-electron chi connectivity index (χ0n) is 16.5. The topological polar surface area (TPSA) is 105 Å². The van der Waals surface area contributed by atoms with Crippen molar-refractivity contribution in [2.75, 3.05) is 11.1 Å². The normalized spacial score (nSPS) is 12.4. The van der Waals surface area contributed by atoms with Gasteiger partial charge in [0.1, 0.15) is 11.9 Å². The molecule has 3 rings (SSSR count). The third-order valence-corrected chi connectivity index (χ3v) is 5.09. The Morgan fingerprint density at radius 1 is 1.17 bits per heavy atom. The predicted molar refractivity (Wildman–Crippen MR) is 112 cm³/mol. The molecular formula is C20H24N6O2S. The first kappa shape index (κ1) is 20.7. The van der Waals surface area contributed by atoms with Crippen LogP contribution in [0, 0.1) is 0 Å². The summed E-state index contributed by atoms with van der Waals surface area (Å²) in [4.78, 5) is 29.7. The van der Waals surface area contributed by atoms with Gasteiger partial charge in [0.2, 0.25) is 5.91 Å². The number of benzene rings is 1. The molecule has 152 valence electrons. The highest BCUT2D eigenvalue weighted by Crippen LogP contribution is 2.24. The first-order valence-corrected chi connectivity index (χ1v) is 10.1. The number of hydrogen-bond acceptors (Lipinski definition) is 5. The number of H-pyrrole nitrogens is 1. The molecular weight excluding hydrogens is 388 g/mol. The van der Waals surface area contributed by atoms with Crippen molar-refractivity contribution in [1.29, 1.82) is 0 Å². The molecule has 1 unspecified atom stereocenters. The summed E-state index contributed by atoms with van der Waals surface area (Å²) >= 11 is 1.33. The van der Waals surface area contributed by atoms with E-state index in [2.05, 4.69) is 46.6 Å². The van der Waals surface area contributed by atoms with Crippen molar-refractivity contribution < 1.29 is 9.59 Å². The Bertz CT molecular complexity index is 947. The number of nitrogens with one attached hydrogen (secondary N) is 3. The van der Waals surface area contributed by atoms with Gasteiger partial charge in [0, 0.05) is 24.0 Å². The first-order valence-electron chi connectivity index (χ1n) is 9.16. The summed E-state index contributed by atoms with van der Waals surface area (Å²) in [6, 6.07) is 9.93. The molecule has 2 amide bonds. The van der Waals surface area contributed by atoms with E-state index in [0.717, 1.165) is 5.16 Å². The Kier molecular flexibility index (Phi) is 6.38. The van der Waals surface area contributed by atoms with Gasteiger partial charge < -0.3 is 15.2 Å². The van der Waals surface area contributed by atoms with Crippen molar-refractivity contribution >= 4 is 29.4 Å². The van der Waals surface area contributed by atoms with Gasteiger partial charge in [0.25, 0.3) is 5.91 Å². The fraction of sp³-hybridized carbons (Fsp3) is 0.300. The summed E-state index contributed by atoms with van der Waals surface area (Å²) in [5, 5.41) is 12.8. The van der Waals surface area contributed by atoms with Crippen LogP contribution in [0.2, 0.25) is 0 Å². The van der Waals surface area contributed by atoms with Crippen molar-refractivity contribution in [3.63, 3.8) is 0 Å². The van der Waals surface area contributed by atoms with E-state index >= 15 is 0 Å². The number of aromatic nitrogens is 4. The van der Waals surface area contributed by atoms with E-state index in [4.69, 9.17) is 0 Å². The number of amides is 2. The number of nitrogens with zero attached hydrogens (tertiary/aromatic N) is 3. The van der Waals surface area contributed by atoms with Crippen LogP contribution < -0.4 is 10.6 Å². The second-order valence-electron chi connectivity index (χ2n) is 7.41. The number of imidazole rings is 1. The molecule has 0 saturated carbocycles. The van der Waals surface area contributed by atoms with Gasteiger partial charge in [-0.15, -0.1) is 0 Å². The summed E-state index contributed by atoms with van der Waals surface area (Å²) in [5.74, 6) is 0.00198. The molecule has 9 heteroatoms. The van der Waals surface area contributed by atoms with Crippen molar-refractivity contribution in [3.8, 4) is 0 Å². The molecule has 8 nitrogen and oxygen atoms in total. The number of carbonyl (C=O) groups is 2. The zero-order chi connectivity index (χ0) is 20.9. The summed E-state index contributed by atoms with van der Waals surface area (Å²) in [7, 11) is 0. The summed E-state index contributed by atoms with van der Waals surface area (Å²) in [6.45, 7) is 6.22. The van der Waals surface area contributed by atoms with Gasteiger partial charge in [-0.1, -0.05) is 42.1 Å². The SMILES string of the molecule is CC(C)(C)n1ccnc1SCC(=O)NC(C(=O)Nc1ccn[nH]1)c1ccccc1. The number of aromatic amines is 1. The van der Waals surface area contributed by atoms with Crippen molar-refractivity contribution in [2.24, 2.45) is 0 Å². The first-order chi connectivity index (χ1) is 13.8. The molecule has 0 aliphatic carbocycles. The zero-order valence-corrected chi connectivity index (χ0v) is 17.4. The number of rotatable bonds is 7. The molecule has 0 spiro atoms. The van der Waals surface area contributed by atoms with Crippen LogP contribution in [0.15, 0.2) is 60.1 Å². The van der Waals surface area contributed by atoms with Gasteiger partial charge in [0.15, 0.2) is 5.16 Å². The number of thioether (sulfide) groups is 1. The molecule has 1 aromatic carbocycles. The molecule has 29 heavy (non-hydrogen) atoms. The molecule has 0 aliphatic rings. The molecule has 1 atom stereocenters. The van der Waals surface area contributed by atoms with E-state index in [1.54, 1.807) is 30.6 Å². The molecule has 0 saturated heterocycles. The van der Waals surface area contributed by atoms with Gasteiger partial charge >= 0.3 is 0 Å². The molecule has 3 aromatic rings. The summed E-state index contributed by atoms with van der Waals surface area (Å²) in [6.07, 6.45) is 5.15. The van der Waals surface area contributed by atoms with Crippen LogP contribution >= 0.6 is 11.8 Å². The minimum atomic E-state index is -0.824. The van der Waals surface area contributed by atoms with Gasteiger partial charge in [-0.25, -0.2) is 4.98 Å². The highest BCUT2D eigenvalue weighted by atomic mass is 32.2. The number of carbonyl (C=O) groups excluding carboxylic acids is 2. The Labute approximate surface area is 173 Å². The molecule has 0 aliphatic heterocycles. The Morgan fingerprint density at radius 3 is 2.59 bits per heavy atom. The molecule has 2 aromatic heterocycles. The maximum absolute atomic E-state index is 12.8. The van der Waals surface area contributed by atoms with Crippen LogP contribution in [0.1, 0.15) is 32.4 Å². The van der Waals surface area contributed by atoms with E-state index in [-0.39, 0.29) is 23.1 Å². The minimum Gasteiger partial charge on any atom is -0.340 e. The smallest absolute Gasteiger partial charge is 0.252 e. The number of hydrogen-bond donors (Lipinski definition) is 3. The van der Waals surface area contributed by atoms with Crippen LogP contribution in [0.4, 0.5) is 5.82 Å². The van der Waals surface area contributed by atoms with E-state index in [1.165, 1.54) is 11.8 Å². The lowest BCUT2D eigenvalue weighted by molar-refractivity contribution is -0.125. The fourth-order valence-electron chi connectivity index (χ4n) is 2.72. The fourth-order valence-corrected chi connectivity index (χ4v) is 3.67. The van der Waals surface area contributed by atoms with Crippen molar-refractivity contribution in [3.05, 3.63) is 60.6 Å². The summed E-state index contributed by atoms with van der Waals surface area (Å²) < 4.78 is 2.02. The maximum atomic E-state index is 12.8. The molecule has 0 bridgehead atoms. The average molecular weight is 413 g/mol. The van der Waals surface area contributed by atoms with Crippen LogP contribution in [0.3, 0.4) is 0 Å². The van der Waals surface area contributed by atoms with E-state index in [9.17, 15) is 9.59 Å². The van der Waals surface area contributed by atoms with Gasteiger partial charge in [0.05, 0.1) is 11.9 Å². The Balaban J connectivity index is 1.68. The third-order valence-electron chi connectivity index (χ3n) is 4.12. The van der Waals surface area contributed by atoms with Gasteiger partial charge in [-0.2, -0.15) is 5.10 Å². The molecule has 0 radical (unpaired) electrons. The lowest BCUT2D eigenvalue weighted by Crippen LogP contribution is -2.38. The highest BCUT2D eigenvalue weighted by molar-refractivity contribution is 7.99. The Morgan fingerprint density at radius 2 is 1.93 bits per heavy atom. The molecule has 2 heterocycles. The Hall–Kier alpha value is -3.07. The van der Waals surface area contributed by atoms with Gasteiger partial charge in [-0.3, -0.25) is 14.7 Å². The van der Waals surface area contributed by atoms with Crippen molar-refractivity contribution in [1.82, 2.24) is 25.1 Å². The molecule has 3 N–H and O–H groups in total. The van der Waals surface area contributed by atoms with Crippen LogP contribution in [-0.4, -0.2) is 37.3 Å². The van der Waals surface area contributed by atoms with E-state index in [1.807, 2.05) is 29.0 Å².